The van der Waals surface area contributed by atoms with Crippen LogP contribution in [0.5, 0.6) is 0 Å². The van der Waals surface area contributed by atoms with Crippen LogP contribution in [0, 0.1) is 6.92 Å². The van der Waals surface area contributed by atoms with Gasteiger partial charge in [0.05, 0.1) is 30.5 Å². The second-order valence-electron chi connectivity index (χ2n) is 6.75. The monoisotopic (exact) mass is 379 g/mol. The van der Waals surface area contributed by atoms with Crippen molar-refractivity contribution in [1.82, 2.24) is 10.6 Å². The lowest BCUT2D eigenvalue weighted by atomic mass is 9.94. The van der Waals surface area contributed by atoms with E-state index in [1.165, 1.54) is 0 Å². The van der Waals surface area contributed by atoms with Crippen LogP contribution in [0.15, 0.2) is 65.9 Å². The predicted molar refractivity (Wildman–Crippen MR) is 109 cm³/mol. The number of carbonyl (C=O) groups is 2. The molecule has 0 unspecified atom stereocenters. The second-order valence-corrected chi connectivity index (χ2v) is 6.75. The fourth-order valence-corrected chi connectivity index (χ4v) is 3.21. The topological polar surface area (TPSA) is 70.7 Å². The molecule has 0 saturated heterocycles. The number of hydrogen-bond donors (Lipinski definition) is 2. The Labute approximate surface area is 165 Å². The van der Waals surface area contributed by atoms with Crippen LogP contribution in [0.1, 0.15) is 24.1 Å². The first kappa shape index (κ1) is 19.5. The van der Waals surface area contributed by atoms with Crippen LogP contribution in [0.3, 0.4) is 0 Å². The van der Waals surface area contributed by atoms with E-state index in [9.17, 15) is 9.59 Å². The molecule has 28 heavy (non-hydrogen) atoms. The zero-order valence-electron chi connectivity index (χ0n) is 16.4. The third-order valence-electron chi connectivity index (χ3n) is 4.65. The third kappa shape index (κ3) is 4.34. The molecule has 1 aliphatic heterocycles. The van der Waals surface area contributed by atoms with Crippen molar-refractivity contribution in [2.24, 2.45) is 0 Å². The van der Waals surface area contributed by atoms with Crippen molar-refractivity contribution in [2.75, 3.05) is 25.1 Å². The van der Waals surface area contributed by atoms with Crippen LogP contribution in [-0.2, 0) is 9.53 Å². The van der Waals surface area contributed by atoms with Crippen molar-refractivity contribution in [3.63, 3.8) is 0 Å². The lowest BCUT2D eigenvalue weighted by Gasteiger charge is -2.31. The molecule has 0 spiro atoms. The molecule has 0 saturated carbocycles. The molecule has 0 bridgehead atoms. The quantitative estimate of drug-likeness (QED) is 0.756. The number of likely N-dealkylation sites (N-methyl/N-ethyl adjacent to an activating group) is 1. The Kier molecular flexibility index (Phi) is 5.99. The van der Waals surface area contributed by atoms with Crippen LogP contribution in [0.25, 0.3) is 0 Å². The van der Waals surface area contributed by atoms with E-state index in [0.717, 1.165) is 16.8 Å². The lowest BCUT2D eigenvalue weighted by Crippen LogP contribution is -2.48. The minimum atomic E-state index is -0.562. The molecule has 2 aromatic rings. The van der Waals surface area contributed by atoms with E-state index in [1.54, 1.807) is 6.92 Å². The van der Waals surface area contributed by atoms with E-state index in [-0.39, 0.29) is 12.6 Å². The van der Waals surface area contributed by atoms with Gasteiger partial charge in [0.2, 0.25) is 0 Å². The first-order valence-corrected chi connectivity index (χ1v) is 9.30. The van der Waals surface area contributed by atoms with Gasteiger partial charge in [-0.25, -0.2) is 9.59 Å². The van der Waals surface area contributed by atoms with Crippen molar-refractivity contribution < 1.29 is 14.3 Å². The maximum atomic E-state index is 12.8. The fourth-order valence-electron chi connectivity index (χ4n) is 3.21. The normalized spacial score (nSPS) is 16.2. The minimum absolute atomic E-state index is 0.263. The summed E-state index contributed by atoms with van der Waals surface area (Å²) in [6.45, 7) is 4.39. The molecule has 146 valence electrons. The van der Waals surface area contributed by atoms with Crippen LogP contribution in [0.4, 0.5) is 10.5 Å². The largest absolute Gasteiger partial charge is 0.463 e. The number of benzene rings is 2. The van der Waals surface area contributed by atoms with Crippen molar-refractivity contribution in [2.45, 2.75) is 19.9 Å². The van der Waals surface area contributed by atoms with E-state index < -0.39 is 12.0 Å². The van der Waals surface area contributed by atoms with Gasteiger partial charge in [-0.2, -0.15) is 0 Å². The molecule has 0 aromatic heterocycles. The third-order valence-corrected chi connectivity index (χ3v) is 4.65. The zero-order valence-corrected chi connectivity index (χ0v) is 16.4. The molecule has 0 fully saturated rings. The molecule has 0 aliphatic carbocycles. The number of rotatable bonds is 6. The standard InChI is InChI=1S/C22H25N3O3/c1-4-28-21(26)19-18(14-25(3)17-8-6-5-7-9-17)23-22(27)24-20(19)16-12-10-15(2)11-13-16/h5-13,20H,4,14H2,1-3H3,(H2,23,24,27)/t20-/m1/s1. The van der Waals surface area contributed by atoms with Crippen molar-refractivity contribution >= 4 is 17.7 Å². The average molecular weight is 379 g/mol. The minimum Gasteiger partial charge on any atom is -0.463 e. The van der Waals surface area contributed by atoms with E-state index in [4.69, 9.17) is 4.74 Å². The number of aryl methyl sites for hydroxylation is 1. The number of ether oxygens (including phenoxy) is 1. The van der Waals surface area contributed by atoms with Gasteiger partial charge < -0.3 is 20.3 Å². The Morgan fingerprint density at radius 2 is 1.79 bits per heavy atom. The van der Waals surface area contributed by atoms with Crippen LogP contribution in [-0.4, -0.2) is 32.2 Å². The first-order valence-electron chi connectivity index (χ1n) is 9.30. The molecule has 2 N–H and O–H groups in total. The number of anilines is 1. The summed E-state index contributed by atoms with van der Waals surface area (Å²) < 4.78 is 5.30. The van der Waals surface area contributed by atoms with Gasteiger partial charge in [-0.1, -0.05) is 48.0 Å². The molecule has 1 heterocycles. The molecule has 6 heteroatoms. The smallest absolute Gasteiger partial charge is 0.338 e. The summed E-state index contributed by atoms with van der Waals surface area (Å²) in [4.78, 5) is 27.1. The summed E-state index contributed by atoms with van der Waals surface area (Å²) in [6.07, 6.45) is 0. The highest BCUT2D eigenvalue weighted by molar-refractivity contribution is 5.95. The van der Waals surface area contributed by atoms with Crippen molar-refractivity contribution in [3.05, 3.63) is 77.0 Å². The highest BCUT2D eigenvalue weighted by Gasteiger charge is 2.34. The van der Waals surface area contributed by atoms with E-state index in [2.05, 4.69) is 10.6 Å². The maximum absolute atomic E-state index is 12.8. The SMILES string of the molecule is CCOC(=O)C1=C(CN(C)c2ccccc2)NC(=O)N[C@@H]1c1ccc(C)cc1. The Morgan fingerprint density at radius 3 is 2.43 bits per heavy atom. The Hall–Kier alpha value is -3.28. The van der Waals surface area contributed by atoms with Gasteiger partial charge in [-0.15, -0.1) is 0 Å². The number of para-hydroxylation sites is 1. The number of amides is 2. The maximum Gasteiger partial charge on any atom is 0.338 e. The molecule has 1 aliphatic rings. The number of esters is 1. The summed E-state index contributed by atoms with van der Waals surface area (Å²) in [6, 6.07) is 16.7. The fraction of sp³-hybridized carbons (Fsp3) is 0.273. The van der Waals surface area contributed by atoms with Gasteiger partial charge in [0, 0.05) is 12.7 Å². The summed E-state index contributed by atoms with van der Waals surface area (Å²) in [7, 11) is 1.92. The van der Waals surface area contributed by atoms with E-state index in [0.29, 0.717) is 17.8 Å². The van der Waals surface area contributed by atoms with Gasteiger partial charge in [0.1, 0.15) is 0 Å². The van der Waals surface area contributed by atoms with Gasteiger partial charge in [-0.3, -0.25) is 0 Å². The molecule has 2 aromatic carbocycles. The summed E-state index contributed by atoms with van der Waals surface area (Å²) in [5.74, 6) is -0.433. The molecule has 2 amide bonds. The summed E-state index contributed by atoms with van der Waals surface area (Å²) >= 11 is 0. The molecule has 6 nitrogen and oxygen atoms in total. The highest BCUT2D eigenvalue weighted by atomic mass is 16.5. The Bertz CT molecular complexity index is 876. The van der Waals surface area contributed by atoms with Crippen LogP contribution >= 0.6 is 0 Å². The summed E-state index contributed by atoms with van der Waals surface area (Å²) in [5, 5.41) is 5.66. The predicted octanol–water partition coefficient (Wildman–Crippen LogP) is 3.30. The van der Waals surface area contributed by atoms with Crippen LogP contribution in [0.2, 0.25) is 0 Å². The van der Waals surface area contributed by atoms with Gasteiger partial charge in [-0.05, 0) is 31.5 Å². The highest BCUT2D eigenvalue weighted by Crippen LogP contribution is 2.29. The number of urea groups is 1. The Morgan fingerprint density at radius 1 is 1.11 bits per heavy atom. The number of carbonyl (C=O) groups excluding carboxylic acids is 2. The van der Waals surface area contributed by atoms with Gasteiger partial charge in [0.25, 0.3) is 0 Å². The Balaban J connectivity index is 2.01. The van der Waals surface area contributed by atoms with Crippen molar-refractivity contribution in [3.8, 4) is 0 Å². The first-order chi connectivity index (χ1) is 13.5. The second kappa shape index (κ2) is 8.61. The summed E-state index contributed by atoms with van der Waals surface area (Å²) in [5.41, 5.74) is 3.89. The zero-order chi connectivity index (χ0) is 20.1. The van der Waals surface area contributed by atoms with Crippen LogP contribution < -0.4 is 15.5 Å². The lowest BCUT2D eigenvalue weighted by molar-refractivity contribution is -0.139. The van der Waals surface area contributed by atoms with Gasteiger partial charge in [0.15, 0.2) is 0 Å². The molecule has 3 rings (SSSR count). The van der Waals surface area contributed by atoms with E-state index >= 15 is 0 Å². The van der Waals surface area contributed by atoms with Gasteiger partial charge >= 0.3 is 12.0 Å². The molecular formula is C22H25N3O3. The molecule has 1 atom stereocenters. The van der Waals surface area contributed by atoms with Crippen molar-refractivity contribution in [1.29, 1.82) is 0 Å². The number of hydrogen-bond acceptors (Lipinski definition) is 4. The number of nitrogens with zero attached hydrogens (tertiary/aromatic N) is 1. The van der Waals surface area contributed by atoms with E-state index in [1.807, 2.05) is 73.5 Å². The number of nitrogens with one attached hydrogen (secondary N) is 2. The molecular weight excluding hydrogens is 354 g/mol. The average Bonchev–Trinajstić information content (AvgIpc) is 2.69. The molecule has 0 radical (unpaired) electrons.